The second-order valence-electron chi connectivity index (χ2n) is 4.23. The lowest BCUT2D eigenvalue weighted by molar-refractivity contribution is 0.101. The predicted molar refractivity (Wildman–Crippen MR) is 74.3 cm³/mol. The molecule has 0 aliphatic rings. The van der Waals surface area contributed by atoms with Gasteiger partial charge in [0.05, 0.1) is 5.56 Å². The molecule has 0 saturated carbocycles. The highest BCUT2D eigenvalue weighted by molar-refractivity contribution is 5.98. The summed E-state index contributed by atoms with van der Waals surface area (Å²) in [5.41, 5.74) is 0.708. The summed E-state index contributed by atoms with van der Waals surface area (Å²) in [5.74, 6) is -0.647. The second kappa shape index (κ2) is 5.97. The van der Waals surface area contributed by atoms with Gasteiger partial charge < -0.3 is 9.84 Å². The molecule has 1 N–H and O–H groups in total. The van der Waals surface area contributed by atoms with Gasteiger partial charge in [-0.3, -0.25) is 4.79 Å². The molecule has 0 spiro atoms. The molecule has 0 heterocycles. The van der Waals surface area contributed by atoms with Crippen LogP contribution in [0.2, 0.25) is 0 Å². The Kier molecular flexibility index (Phi) is 4.10. The number of aromatic hydroxyl groups is 1. The fraction of sp³-hybridized carbons (Fsp3) is 0.133. The highest BCUT2D eigenvalue weighted by Gasteiger charge is 2.17. The van der Waals surface area contributed by atoms with Gasteiger partial charge in [-0.1, -0.05) is 30.3 Å². The highest BCUT2D eigenvalue weighted by Crippen LogP contribution is 2.39. The number of hydrogen-bond donors (Lipinski definition) is 1. The maximum Gasteiger partial charge on any atom is 0.192 e. The molecule has 0 atom stereocenters. The maximum atomic E-state index is 11.3. The molecule has 0 bridgehead atoms. The third-order valence-electron chi connectivity index (χ3n) is 2.82. The molecule has 0 radical (unpaired) electrons. The van der Waals surface area contributed by atoms with Crippen LogP contribution in [0.4, 0.5) is 5.69 Å². The number of nitroso groups, excluding NO2 is 1. The van der Waals surface area contributed by atoms with Crippen LogP contribution in [-0.4, -0.2) is 10.9 Å². The van der Waals surface area contributed by atoms with Gasteiger partial charge in [0.2, 0.25) is 0 Å². The van der Waals surface area contributed by atoms with E-state index in [-0.39, 0.29) is 29.4 Å². The van der Waals surface area contributed by atoms with Crippen molar-refractivity contribution in [3.8, 4) is 11.5 Å². The number of ketones is 1. The molecule has 0 saturated heterocycles. The summed E-state index contributed by atoms with van der Waals surface area (Å²) >= 11 is 0. The average molecular weight is 271 g/mol. The van der Waals surface area contributed by atoms with Crippen LogP contribution in [0.3, 0.4) is 0 Å². The first-order valence-electron chi connectivity index (χ1n) is 6.00. The van der Waals surface area contributed by atoms with Crippen molar-refractivity contribution in [1.29, 1.82) is 0 Å². The van der Waals surface area contributed by atoms with E-state index in [1.54, 1.807) is 0 Å². The van der Waals surface area contributed by atoms with E-state index in [0.717, 1.165) is 5.56 Å². The van der Waals surface area contributed by atoms with Crippen molar-refractivity contribution >= 4 is 11.5 Å². The number of carbonyl (C=O) groups excluding carboxylic acids is 1. The Morgan fingerprint density at radius 2 is 1.90 bits per heavy atom. The Labute approximate surface area is 115 Å². The van der Waals surface area contributed by atoms with Crippen LogP contribution in [0.25, 0.3) is 0 Å². The first-order valence-corrected chi connectivity index (χ1v) is 6.00. The molecule has 20 heavy (non-hydrogen) atoms. The molecule has 2 rings (SSSR count). The number of phenolic OH excluding ortho intramolecular Hbond substituents is 1. The van der Waals surface area contributed by atoms with Crippen LogP contribution in [-0.2, 0) is 6.61 Å². The lowest BCUT2D eigenvalue weighted by atomic mass is 10.1. The molecule has 102 valence electrons. The van der Waals surface area contributed by atoms with Gasteiger partial charge in [0.1, 0.15) is 6.61 Å². The van der Waals surface area contributed by atoms with Crippen molar-refractivity contribution < 1.29 is 14.6 Å². The Balaban J connectivity index is 2.26. The standard InChI is InChI=1S/C15H13NO4/c1-10(17)12-7-8-13(14(16-19)15(12)18)20-9-11-5-3-2-4-6-11/h2-8,18H,9H2,1H3. The lowest BCUT2D eigenvalue weighted by Crippen LogP contribution is -1.98. The fourth-order valence-electron chi connectivity index (χ4n) is 1.79. The van der Waals surface area contributed by atoms with Crippen molar-refractivity contribution in [3.63, 3.8) is 0 Å². The van der Waals surface area contributed by atoms with Crippen LogP contribution < -0.4 is 4.74 Å². The van der Waals surface area contributed by atoms with Crippen molar-refractivity contribution in [1.82, 2.24) is 0 Å². The summed E-state index contributed by atoms with van der Waals surface area (Å²) in [6.07, 6.45) is 0. The quantitative estimate of drug-likeness (QED) is 0.666. The van der Waals surface area contributed by atoms with Crippen molar-refractivity contribution in [2.45, 2.75) is 13.5 Å². The van der Waals surface area contributed by atoms with Crippen LogP contribution in [0, 0.1) is 4.91 Å². The summed E-state index contributed by atoms with van der Waals surface area (Å²) in [4.78, 5) is 22.1. The van der Waals surface area contributed by atoms with Gasteiger partial charge >= 0.3 is 0 Å². The molecule has 0 fully saturated rings. The molecule has 0 aliphatic carbocycles. The van der Waals surface area contributed by atoms with Crippen molar-refractivity contribution in [2.24, 2.45) is 5.18 Å². The normalized spacial score (nSPS) is 10.1. The van der Waals surface area contributed by atoms with Crippen LogP contribution >= 0.6 is 0 Å². The van der Waals surface area contributed by atoms with Gasteiger partial charge in [0.15, 0.2) is 23.0 Å². The molecule has 0 aliphatic heterocycles. The first-order chi connectivity index (χ1) is 9.63. The Morgan fingerprint density at radius 1 is 1.20 bits per heavy atom. The number of hydrogen-bond acceptors (Lipinski definition) is 5. The minimum Gasteiger partial charge on any atom is -0.505 e. The molecular weight excluding hydrogens is 258 g/mol. The van der Waals surface area contributed by atoms with Gasteiger partial charge in [0, 0.05) is 0 Å². The van der Waals surface area contributed by atoms with E-state index in [1.165, 1.54) is 19.1 Å². The van der Waals surface area contributed by atoms with Crippen LogP contribution in [0.5, 0.6) is 11.5 Å². The minimum absolute atomic E-state index is 0.0478. The van der Waals surface area contributed by atoms with E-state index in [4.69, 9.17) is 4.74 Å². The van der Waals surface area contributed by atoms with Crippen LogP contribution in [0.15, 0.2) is 47.6 Å². The summed E-state index contributed by atoms with van der Waals surface area (Å²) in [6.45, 7) is 1.54. The van der Waals surface area contributed by atoms with E-state index in [2.05, 4.69) is 5.18 Å². The van der Waals surface area contributed by atoms with Crippen molar-refractivity contribution in [2.75, 3.05) is 0 Å². The number of nitrogens with zero attached hydrogens (tertiary/aromatic N) is 1. The topological polar surface area (TPSA) is 76.0 Å². The predicted octanol–water partition coefficient (Wildman–Crippen LogP) is 3.57. The van der Waals surface area contributed by atoms with Crippen molar-refractivity contribution in [3.05, 3.63) is 58.5 Å². The second-order valence-corrected chi connectivity index (χ2v) is 4.23. The van der Waals surface area contributed by atoms with Crippen LogP contribution in [0.1, 0.15) is 22.8 Å². The zero-order valence-corrected chi connectivity index (χ0v) is 10.9. The first kappa shape index (κ1) is 13.7. The minimum atomic E-state index is -0.446. The van der Waals surface area contributed by atoms with Gasteiger partial charge in [-0.15, -0.1) is 4.91 Å². The third kappa shape index (κ3) is 2.83. The number of phenols is 1. The molecular formula is C15H13NO4. The smallest absolute Gasteiger partial charge is 0.192 e. The number of Topliss-reactive ketones (excluding diaryl/α,β-unsaturated/α-hetero) is 1. The molecule has 2 aromatic rings. The molecule has 5 heteroatoms. The van der Waals surface area contributed by atoms with E-state index in [0.29, 0.717) is 0 Å². The molecule has 0 unspecified atom stereocenters. The number of ether oxygens (including phenoxy) is 1. The average Bonchev–Trinajstić information content (AvgIpc) is 2.45. The Morgan fingerprint density at radius 3 is 2.50 bits per heavy atom. The Bertz CT molecular complexity index is 638. The summed E-state index contributed by atoms with van der Waals surface area (Å²) in [7, 11) is 0. The molecule has 0 amide bonds. The van der Waals surface area contributed by atoms with E-state index in [9.17, 15) is 14.8 Å². The molecule has 5 nitrogen and oxygen atoms in total. The largest absolute Gasteiger partial charge is 0.505 e. The highest BCUT2D eigenvalue weighted by atomic mass is 16.5. The summed E-state index contributed by atoms with van der Waals surface area (Å²) in [5, 5.41) is 12.6. The number of benzene rings is 2. The van der Waals surface area contributed by atoms with Gasteiger partial charge in [0.25, 0.3) is 0 Å². The molecule has 0 aromatic heterocycles. The summed E-state index contributed by atoms with van der Waals surface area (Å²) < 4.78 is 5.46. The Hall–Kier alpha value is -2.69. The molecule has 2 aromatic carbocycles. The number of carbonyl (C=O) groups is 1. The monoisotopic (exact) mass is 271 g/mol. The van der Waals surface area contributed by atoms with E-state index < -0.39 is 5.75 Å². The number of rotatable bonds is 5. The zero-order chi connectivity index (χ0) is 14.5. The SMILES string of the molecule is CC(=O)c1ccc(OCc2ccccc2)c(N=O)c1O. The van der Waals surface area contributed by atoms with E-state index >= 15 is 0 Å². The van der Waals surface area contributed by atoms with Gasteiger partial charge in [-0.25, -0.2) is 0 Å². The van der Waals surface area contributed by atoms with Gasteiger partial charge in [-0.05, 0) is 29.8 Å². The summed E-state index contributed by atoms with van der Waals surface area (Å²) in [6, 6.07) is 12.2. The lowest BCUT2D eigenvalue weighted by Gasteiger charge is -2.10. The van der Waals surface area contributed by atoms with E-state index in [1.807, 2.05) is 30.3 Å². The van der Waals surface area contributed by atoms with Gasteiger partial charge in [-0.2, -0.15) is 0 Å². The fourth-order valence-corrected chi connectivity index (χ4v) is 1.79. The zero-order valence-electron chi connectivity index (χ0n) is 10.9. The third-order valence-corrected chi connectivity index (χ3v) is 2.82. The maximum absolute atomic E-state index is 11.3.